The molecule has 0 fully saturated rings. The topological polar surface area (TPSA) is 70.7 Å². The Hall–Kier alpha value is -3.65. The molecule has 3 rings (SSSR count). The number of benzene rings is 2. The first-order chi connectivity index (χ1) is 15.7. The molecule has 0 atom stereocenters. The maximum atomic E-state index is 12.6. The van der Waals surface area contributed by atoms with Crippen molar-refractivity contribution >= 4 is 12.0 Å². The fraction of sp³-hybridized carbons (Fsp3) is 0.296. The van der Waals surface area contributed by atoms with E-state index in [1.165, 1.54) is 25.7 Å². The monoisotopic (exact) mass is 426 g/mol. The molecule has 3 aromatic rings. The molecule has 0 saturated carbocycles. The Morgan fingerprint density at radius 3 is 2.34 bits per heavy atom. The van der Waals surface area contributed by atoms with E-state index in [2.05, 4.69) is 18.3 Å². The van der Waals surface area contributed by atoms with Crippen molar-refractivity contribution < 1.29 is 4.79 Å². The summed E-state index contributed by atoms with van der Waals surface area (Å²) >= 11 is 0. The minimum atomic E-state index is -0.340. The van der Waals surface area contributed by atoms with Crippen molar-refractivity contribution in [2.24, 2.45) is 0 Å². The van der Waals surface area contributed by atoms with Gasteiger partial charge in [0.05, 0.1) is 11.4 Å². The standard InChI is InChI=1S/C27H30N4O/c1-2-3-4-5-6-13-18-29-27(32)23(20-28)19-24-21-31(25-16-11-8-12-17-25)30-26(24)22-14-9-7-10-15-22/h7-12,14-17,19,21H,2-6,13,18H2,1H3,(H,29,32). The van der Waals surface area contributed by atoms with E-state index in [9.17, 15) is 10.1 Å². The highest BCUT2D eigenvalue weighted by Gasteiger charge is 2.14. The number of carbonyl (C=O) groups excluding carboxylic acids is 1. The normalized spacial score (nSPS) is 11.2. The maximum Gasteiger partial charge on any atom is 0.261 e. The summed E-state index contributed by atoms with van der Waals surface area (Å²) in [4.78, 5) is 12.6. The van der Waals surface area contributed by atoms with Crippen LogP contribution in [0.5, 0.6) is 0 Å². The Kier molecular flexibility index (Phi) is 8.82. The molecule has 0 aliphatic rings. The molecule has 5 heteroatoms. The number of rotatable bonds is 11. The molecule has 1 amide bonds. The van der Waals surface area contributed by atoms with E-state index in [1.54, 1.807) is 10.8 Å². The van der Waals surface area contributed by atoms with Crippen molar-refractivity contribution in [2.75, 3.05) is 6.54 Å². The molecular formula is C27H30N4O. The van der Waals surface area contributed by atoms with Crippen molar-refractivity contribution in [1.82, 2.24) is 15.1 Å². The van der Waals surface area contributed by atoms with Crippen LogP contribution in [0, 0.1) is 11.3 Å². The quantitative estimate of drug-likeness (QED) is 0.235. The molecule has 0 saturated heterocycles. The highest BCUT2D eigenvalue weighted by Crippen LogP contribution is 2.25. The summed E-state index contributed by atoms with van der Waals surface area (Å²) in [5.41, 5.74) is 3.38. The van der Waals surface area contributed by atoms with Crippen LogP contribution in [0.2, 0.25) is 0 Å². The van der Waals surface area contributed by atoms with Crippen molar-refractivity contribution in [3.8, 4) is 23.0 Å². The third kappa shape index (κ3) is 6.42. The highest BCUT2D eigenvalue weighted by atomic mass is 16.1. The third-order valence-corrected chi connectivity index (χ3v) is 5.29. The molecule has 0 aliphatic carbocycles. The van der Waals surface area contributed by atoms with E-state index in [1.807, 2.05) is 66.9 Å². The lowest BCUT2D eigenvalue weighted by Gasteiger charge is -2.04. The van der Waals surface area contributed by atoms with Gasteiger partial charge in [0, 0.05) is 23.9 Å². The Morgan fingerprint density at radius 2 is 1.66 bits per heavy atom. The second kappa shape index (κ2) is 12.3. The molecule has 0 spiro atoms. The predicted octanol–water partition coefficient (Wildman–Crippen LogP) is 5.92. The average Bonchev–Trinajstić information content (AvgIpc) is 3.27. The van der Waals surface area contributed by atoms with E-state index in [0.29, 0.717) is 6.54 Å². The smallest absolute Gasteiger partial charge is 0.261 e. The Labute approximate surface area is 190 Å². The lowest BCUT2D eigenvalue weighted by Crippen LogP contribution is -2.25. The van der Waals surface area contributed by atoms with Crippen molar-refractivity contribution in [3.63, 3.8) is 0 Å². The lowest BCUT2D eigenvalue weighted by molar-refractivity contribution is -0.117. The zero-order valence-electron chi connectivity index (χ0n) is 18.6. The van der Waals surface area contributed by atoms with Gasteiger partial charge in [-0.25, -0.2) is 4.68 Å². The number of nitriles is 1. The SMILES string of the molecule is CCCCCCCCNC(=O)C(C#N)=Cc1cn(-c2ccccc2)nc1-c1ccccc1. The minimum absolute atomic E-state index is 0.0841. The zero-order valence-corrected chi connectivity index (χ0v) is 18.6. The molecule has 32 heavy (non-hydrogen) atoms. The Bertz CT molecular complexity index is 1060. The van der Waals surface area contributed by atoms with E-state index in [0.717, 1.165) is 35.3 Å². The molecule has 1 N–H and O–H groups in total. The van der Waals surface area contributed by atoms with Crippen LogP contribution in [0.25, 0.3) is 23.0 Å². The van der Waals surface area contributed by atoms with Crippen LogP contribution in [0.1, 0.15) is 51.0 Å². The Morgan fingerprint density at radius 1 is 1.00 bits per heavy atom. The number of amides is 1. The van der Waals surface area contributed by atoms with Crippen molar-refractivity contribution in [2.45, 2.75) is 45.4 Å². The van der Waals surface area contributed by atoms with Crippen LogP contribution in [0.3, 0.4) is 0 Å². The summed E-state index contributed by atoms with van der Waals surface area (Å²) < 4.78 is 1.78. The molecule has 5 nitrogen and oxygen atoms in total. The van der Waals surface area contributed by atoms with Crippen LogP contribution in [0.4, 0.5) is 0 Å². The second-order valence-electron chi connectivity index (χ2n) is 7.77. The summed E-state index contributed by atoms with van der Waals surface area (Å²) in [6, 6.07) is 21.6. The number of para-hydroxylation sites is 1. The van der Waals surface area contributed by atoms with Crippen LogP contribution >= 0.6 is 0 Å². The van der Waals surface area contributed by atoms with Gasteiger partial charge in [-0.2, -0.15) is 10.4 Å². The summed E-state index contributed by atoms with van der Waals surface area (Å²) in [6.07, 6.45) is 10.4. The van der Waals surface area contributed by atoms with Gasteiger partial charge in [0.25, 0.3) is 5.91 Å². The van der Waals surface area contributed by atoms with Crippen LogP contribution in [0.15, 0.2) is 72.4 Å². The fourth-order valence-corrected chi connectivity index (χ4v) is 3.53. The summed E-state index contributed by atoms with van der Waals surface area (Å²) in [5, 5.41) is 17.3. The van der Waals surface area contributed by atoms with E-state index < -0.39 is 0 Å². The largest absolute Gasteiger partial charge is 0.351 e. The lowest BCUT2D eigenvalue weighted by atomic mass is 10.1. The number of carbonyl (C=O) groups is 1. The van der Waals surface area contributed by atoms with Gasteiger partial charge in [-0.05, 0) is 24.6 Å². The number of nitrogens with one attached hydrogen (secondary N) is 1. The van der Waals surface area contributed by atoms with Crippen LogP contribution in [-0.2, 0) is 4.79 Å². The molecule has 1 aromatic heterocycles. The third-order valence-electron chi connectivity index (χ3n) is 5.29. The number of hydrogen-bond donors (Lipinski definition) is 1. The molecule has 1 heterocycles. The molecule has 0 bridgehead atoms. The van der Waals surface area contributed by atoms with E-state index >= 15 is 0 Å². The van der Waals surface area contributed by atoms with Gasteiger partial charge in [0.15, 0.2) is 0 Å². The summed E-state index contributed by atoms with van der Waals surface area (Å²) in [6.45, 7) is 2.78. The van der Waals surface area contributed by atoms with Gasteiger partial charge in [0.1, 0.15) is 11.6 Å². The van der Waals surface area contributed by atoms with Gasteiger partial charge in [0.2, 0.25) is 0 Å². The molecule has 164 valence electrons. The van der Waals surface area contributed by atoms with Crippen molar-refractivity contribution in [3.05, 3.63) is 78.0 Å². The maximum absolute atomic E-state index is 12.6. The van der Waals surface area contributed by atoms with E-state index in [4.69, 9.17) is 5.10 Å². The van der Waals surface area contributed by atoms with Gasteiger partial charge in [-0.15, -0.1) is 0 Å². The first kappa shape index (κ1) is 23.0. The second-order valence-corrected chi connectivity index (χ2v) is 7.77. The summed E-state index contributed by atoms with van der Waals surface area (Å²) in [5.74, 6) is -0.340. The number of nitrogens with zero attached hydrogens (tertiary/aromatic N) is 3. The van der Waals surface area contributed by atoms with Crippen LogP contribution < -0.4 is 5.32 Å². The first-order valence-corrected chi connectivity index (χ1v) is 11.3. The van der Waals surface area contributed by atoms with E-state index in [-0.39, 0.29) is 11.5 Å². The first-order valence-electron chi connectivity index (χ1n) is 11.3. The van der Waals surface area contributed by atoms with Gasteiger partial charge >= 0.3 is 0 Å². The van der Waals surface area contributed by atoms with Gasteiger partial charge in [-0.3, -0.25) is 4.79 Å². The molecule has 0 aliphatic heterocycles. The predicted molar refractivity (Wildman–Crippen MR) is 129 cm³/mol. The number of aromatic nitrogens is 2. The highest BCUT2D eigenvalue weighted by molar-refractivity contribution is 6.02. The van der Waals surface area contributed by atoms with Crippen molar-refractivity contribution in [1.29, 1.82) is 5.26 Å². The molecule has 0 unspecified atom stereocenters. The van der Waals surface area contributed by atoms with Gasteiger partial charge in [-0.1, -0.05) is 87.6 Å². The summed E-state index contributed by atoms with van der Waals surface area (Å²) in [7, 11) is 0. The molecule has 0 radical (unpaired) electrons. The fourth-order valence-electron chi connectivity index (χ4n) is 3.53. The minimum Gasteiger partial charge on any atom is -0.351 e. The molecule has 2 aromatic carbocycles. The molecular weight excluding hydrogens is 396 g/mol. The average molecular weight is 427 g/mol. The number of unbranched alkanes of at least 4 members (excludes halogenated alkanes) is 5. The zero-order chi connectivity index (χ0) is 22.6. The Balaban J connectivity index is 1.78. The van der Waals surface area contributed by atoms with Crippen LogP contribution in [-0.4, -0.2) is 22.2 Å². The van der Waals surface area contributed by atoms with Gasteiger partial charge < -0.3 is 5.32 Å². The number of hydrogen-bond acceptors (Lipinski definition) is 3.